The molecular weight excluding hydrogens is 136 g/mol. The van der Waals surface area contributed by atoms with Crippen LogP contribution in [0.2, 0.25) is 5.15 Å². The van der Waals surface area contributed by atoms with Gasteiger partial charge in [-0.05, 0) is 5.92 Å². The highest BCUT2D eigenvalue weighted by Crippen LogP contribution is 1.99. The second kappa shape index (κ2) is 2.47. The molecule has 0 amide bonds. The summed E-state index contributed by atoms with van der Waals surface area (Å²) in [5, 5.41) is 0.356. The van der Waals surface area contributed by atoms with Gasteiger partial charge in [-0.15, -0.1) is 6.42 Å². The lowest BCUT2D eigenvalue weighted by Gasteiger charge is -1.86. The summed E-state index contributed by atoms with van der Waals surface area (Å²) >= 11 is 5.43. The molecule has 0 spiro atoms. The Labute approximate surface area is 57.9 Å². The maximum Gasteiger partial charge on any atom is 0.147 e. The minimum atomic E-state index is 0.356. The van der Waals surface area contributed by atoms with E-state index in [9.17, 15) is 0 Å². The van der Waals surface area contributed by atoms with Crippen LogP contribution in [0.25, 0.3) is 0 Å². The summed E-state index contributed by atoms with van der Waals surface area (Å²) in [7, 11) is 0. The van der Waals surface area contributed by atoms with Gasteiger partial charge in [-0.1, -0.05) is 11.6 Å². The molecule has 1 heterocycles. The Hall–Kier alpha value is -1.07. The fraction of sp³-hybridized carbons (Fsp3) is 0. The molecule has 9 heavy (non-hydrogen) atoms. The minimum absolute atomic E-state index is 0.356. The second-order valence-electron chi connectivity index (χ2n) is 1.37. The Morgan fingerprint density at radius 1 is 1.44 bits per heavy atom. The van der Waals surface area contributed by atoms with Gasteiger partial charge in [-0.3, -0.25) is 0 Å². The summed E-state index contributed by atoms with van der Waals surface area (Å²) in [4.78, 5) is 7.48. The van der Waals surface area contributed by atoms with Crippen LogP contribution in [0.4, 0.5) is 0 Å². The summed E-state index contributed by atoms with van der Waals surface area (Å²) in [5.74, 6) is 2.32. The van der Waals surface area contributed by atoms with Gasteiger partial charge in [0, 0.05) is 0 Å². The van der Waals surface area contributed by atoms with Crippen LogP contribution in [0.3, 0.4) is 0 Å². The third-order valence-corrected chi connectivity index (χ3v) is 0.963. The molecular formula is C6H3ClN2. The van der Waals surface area contributed by atoms with Crippen LogP contribution >= 0.6 is 11.6 Å². The van der Waals surface area contributed by atoms with Gasteiger partial charge in [0.15, 0.2) is 0 Å². The van der Waals surface area contributed by atoms with Crippen molar-refractivity contribution in [2.45, 2.75) is 0 Å². The molecule has 0 aliphatic heterocycles. The highest BCUT2D eigenvalue weighted by Gasteiger charge is 1.87. The van der Waals surface area contributed by atoms with Crippen LogP contribution in [-0.4, -0.2) is 9.97 Å². The van der Waals surface area contributed by atoms with Crippen molar-refractivity contribution in [2.75, 3.05) is 0 Å². The summed E-state index contributed by atoms with van der Waals surface area (Å²) in [6, 6.07) is 0. The zero-order valence-corrected chi connectivity index (χ0v) is 5.26. The molecule has 0 aliphatic carbocycles. The van der Waals surface area contributed by atoms with Crippen molar-refractivity contribution >= 4 is 11.6 Å². The van der Waals surface area contributed by atoms with E-state index in [0.717, 1.165) is 0 Å². The summed E-state index contributed by atoms with van der Waals surface area (Å²) in [6.45, 7) is 0. The van der Waals surface area contributed by atoms with Crippen molar-refractivity contribution in [2.24, 2.45) is 0 Å². The van der Waals surface area contributed by atoms with E-state index in [1.807, 2.05) is 0 Å². The number of hydrogen-bond donors (Lipinski definition) is 0. The Morgan fingerprint density at radius 2 is 2.22 bits per heavy atom. The third-order valence-electron chi connectivity index (χ3n) is 0.768. The molecule has 0 aliphatic rings. The van der Waals surface area contributed by atoms with Crippen LogP contribution in [0.1, 0.15) is 5.69 Å². The van der Waals surface area contributed by atoms with E-state index in [-0.39, 0.29) is 0 Å². The Bertz CT molecular complexity index is 234. The zero-order chi connectivity index (χ0) is 6.69. The molecule has 0 saturated heterocycles. The molecule has 0 N–H and O–H groups in total. The molecule has 0 atom stereocenters. The Balaban J connectivity index is 3.06. The van der Waals surface area contributed by atoms with Gasteiger partial charge < -0.3 is 0 Å². The van der Waals surface area contributed by atoms with E-state index in [1.54, 1.807) is 0 Å². The van der Waals surface area contributed by atoms with Crippen LogP contribution < -0.4 is 0 Å². The molecule has 1 aromatic rings. The van der Waals surface area contributed by atoms with Gasteiger partial charge in [0.25, 0.3) is 0 Å². The van der Waals surface area contributed by atoms with Gasteiger partial charge in [0.2, 0.25) is 0 Å². The molecule has 0 radical (unpaired) electrons. The molecule has 44 valence electrons. The molecule has 1 rings (SSSR count). The first-order valence-corrected chi connectivity index (χ1v) is 2.65. The normalized spacial score (nSPS) is 8.44. The van der Waals surface area contributed by atoms with Gasteiger partial charge in [0.1, 0.15) is 10.8 Å². The van der Waals surface area contributed by atoms with Gasteiger partial charge >= 0.3 is 0 Å². The maximum absolute atomic E-state index is 5.43. The largest absolute Gasteiger partial charge is 0.243 e. The van der Waals surface area contributed by atoms with Gasteiger partial charge in [0.05, 0.1) is 12.4 Å². The molecule has 3 heteroatoms. The highest BCUT2D eigenvalue weighted by molar-refractivity contribution is 6.29. The molecule has 0 saturated carbocycles. The second-order valence-corrected chi connectivity index (χ2v) is 1.76. The van der Waals surface area contributed by atoms with Crippen molar-refractivity contribution in [3.63, 3.8) is 0 Å². The predicted molar refractivity (Wildman–Crippen MR) is 35.0 cm³/mol. The topological polar surface area (TPSA) is 25.8 Å². The van der Waals surface area contributed by atoms with Crippen LogP contribution in [-0.2, 0) is 0 Å². The lowest BCUT2D eigenvalue weighted by Crippen LogP contribution is -1.82. The molecule has 0 aromatic carbocycles. The first-order valence-electron chi connectivity index (χ1n) is 2.27. The van der Waals surface area contributed by atoms with Crippen LogP contribution in [0.5, 0.6) is 0 Å². The molecule has 1 aromatic heterocycles. The average Bonchev–Trinajstić information content (AvgIpc) is 1.90. The molecule has 0 unspecified atom stereocenters. The summed E-state index contributed by atoms with van der Waals surface area (Å²) < 4.78 is 0. The smallest absolute Gasteiger partial charge is 0.147 e. The lowest BCUT2D eigenvalue weighted by atomic mass is 10.5. The number of halogens is 1. The van der Waals surface area contributed by atoms with E-state index in [4.69, 9.17) is 18.0 Å². The van der Waals surface area contributed by atoms with E-state index in [2.05, 4.69) is 15.9 Å². The number of aromatic nitrogens is 2. The third kappa shape index (κ3) is 1.41. The molecule has 0 bridgehead atoms. The predicted octanol–water partition coefficient (Wildman–Crippen LogP) is 1.11. The summed E-state index contributed by atoms with van der Waals surface area (Å²) in [5.41, 5.74) is 0.499. The fourth-order valence-electron chi connectivity index (χ4n) is 0.387. The van der Waals surface area contributed by atoms with E-state index < -0.39 is 0 Å². The number of terminal acetylenes is 1. The van der Waals surface area contributed by atoms with Crippen molar-refractivity contribution < 1.29 is 0 Å². The van der Waals surface area contributed by atoms with Crippen LogP contribution in [0, 0.1) is 12.3 Å². The Kier molecular flexibility index (Phi) is 1.66. The first-order chi connectivity index (χ1) is 4.33. The quantitative estimate of drug-likeness (QED) is 0.502. The average molecular weight is 139 g/mol. The minimum Gasteiger partial charge on any atom is -0.243 e. The fourth-order valence-corrected chi connectivity index (χ4v) is 0.484. The molecule has 0 fully saturated rings. The SMILES string of the molecule is C#Cc1cnc(Cl)cn1. The monoisotopic (exact) mass is 138 g/mol. The zero-order valence-electron chi connectivity index (χ0n) is 4.50. The molecule has 2 nitrogen and oxygen atoms in total. The summed E-state index contributed by atoms with van der Waals surface area (Å²) in [6.07, 6.45) is 7.86. The number of rotatable bonds is 0. The van der Waals surface area contributed by atoms with E-state index in [0.29, 0.717) is 10.8 Å². The standard InChI is InChI=1S/C6H3ClN2/c1-2-5-3-9-6(7)4-8-5/h1,3-4H. The van der Waals surface area contributed by atoms with Crippen LogP contribution in [0.15, 0.2) is 12.4 Å². The van der Waals surface area contributed by atoms with Crippen molar-refractivity contribution in [3.05, 3.63) is 23.2 Å². The Morgan fingerprint density at radius 3 is 2.67 bits per heavy atom. The van der Waals surface area contributed by atoms with E-state index in [1.165, 1.54) is 12.4 Å². The number of hydrogen-bond acceptors (Lipinski definition) is 2. The van der Waals surface area contributed by atoms with Crippen molar-refractivity contribution in [1.82, 2.24) is 9.97 Å². The maximum atomic E-state index is 5.43. The van der Waals surface area contributed by atoms with Crippen molar-refractivity contribution in [3.8, 4) is 12.3 Å². The first kappa shape index (κ1) is 6.06. The van der Waals surface area contributed by atoms with Crippen molar-refractivity contribution in [1.29, 1.82) is 0 Å². The lowest BCUT2D eigenvalue weighted by molar-refractivity contribution is 1.17. The van der Waals surface area contributed by atoms with Gasteiger partial charge in [-0.2, -0.15) is 0 Å². The number of nitrogens with zero attached hydrogens (tertiary/aromatic N) is 2. The van der Waals surface area contributed by atoms with E-state index >= 15 is 0 Å². The van der Waals surface area contributed by atoms with Gasteiger partial charge in [-0.25, -0.2) is 9.97 Å². The highest BCUT2D eigenvalue weighted by atomic mass is 35.5.